The van der Waals surface area contributed by atoms with Crippen molar-refractivity contribution >= 4 is 28.4 Å². The molecule has 3 fully saturated rings. The highest BCUT2D eigenvalue weighted by Crippen LogP contribution is 2.39. The van der Waals surface area contributed by atoms with Crippen LogP contribution in [0.5, 0.6) is 0 Å². The van der Waals surface area contributed by atoms with Crippen LogP contribution in [0.25, 0.3) is 10.9 Å². The molecule has 1 aromatic carbocycles. The molecule has 1 aliphatic carbocycles. The van der Waals surface area contributed by atoms with E-state index in [0.29, 0.717) is 30.3 Å². The van der Waals surface area contributed by atoms with Crippen LogP contribution in [-0.2, 0) is 23.0 Å². The number of aryl methyl sites for hydroxylation is 1. The molecule has 1 aromatic heterocycles. The lowest BCUT2D eigenvalue weighted by Crippen LogP contribution is -2.57. The molecule has 2 aliphatic heterocycles. The van der Waals surface area contributed by atoms with Crippen LogP contribution in [0.3, 0.4) is 0 Å². The standard InChI is InChI=1S/C31H48N6O3/c1-7-24-25(30(38)32-15-26-19(3)13-20(4)34-31(26)39)14-28-27(16-33-35(28)5)29(24)37(8-2)22-11-9-21(10-12-22)36-17-23(18-36)40-6/h14,16,19-23,26H,7-13,15,17-18H2,1-6H3,(H,32,38)(H,34,39). The summed E-state index contributed by atoms with van der Waals surface area (Å²) in [5, 5.41) is 11.9. The van der Waals surface area contributed by atoms with Gasteiger partial charge < -0.3 is 20.3 Å². The molecule has 9 heteroatoms. The van der Waals surface area contributed by atoms with Crippen LogP contribution in [0.15, 0.2) is 12.3 Å². The summed E-state index contributed by atoms with van der Waals surface area (Å²) >= 11 is 0. The van der Waals surface area contributed by atoms with Gasteiger partial charge in [0.1, 0.15) is 0 Å². The van der Waals surface area contributed by atoms with Crippen LogP contribution < -0.4 is 15.5 Å². The van der Waals surface area contributed by atoms with E-state index in [1.54, 1.807) is 0 Å². The van der Waals surface area contributed by atoms with Gasteiger partial charge in [-0.05, 0) is 69.9 Å². The molecule has 3 unspecified atom stereocenters. The molecule has 2 aromatic rings. The van der Waals surface area contributed by atoms with Gasteiger partial charge in [-0.25, -0.2) is 0 Å². The zero-order valence-corrected chi connectivity index (χ0v) is 25.2. The number of ether oxygens (including phenoxy) is 1. The number of aromatic nitrogens is 2. The second-order valence-electron chi connectivity index (χ2n) is 12.3. The second-order valence-corrected chi connectivity index (χ2v) is 12.3. The van der Waals surface area contributed by atoms with Gasteiger partial charge in [-0.3, -0.25) is 19.2 Å². The van der Waals surface area contributed by atoms with Gasteiger partial charge in [-0.1, -0.05) is 13.8 Å². The zero-order valence-electron chi connectivity index (χ0n) is 25.2. The van der Waals surface area contributed by atoms with E-state index >= 15 is 0 Å². The molecule has 0 spiro atoms. The van der Waals surface area contributed by atoms with E-state index in [2.05, 4.69) is 46.3 Å². The van der Waals surface area contributed by atoms with E-state index in [1.165, 1.54) is 12.8 Å². The summed E-state index contributed by atoms with van der Waals surface area (Å²) in [4.78, 5) is 31.5. The summed E-state index contributed by atoms with van der Waals surface area (Å²) in [5.41, 5.74) is 3.89. The summed E-state index contributed by atoms with van der Waals surface area (Å²) in [7, 11) is 3.75. The van der Waals surface area contributed by atoms with Crippen molar-refractivity contribution in [3.63, 3.8) is 0 Å². The average Bonchev–Trinajstić information content (AvgIpc) is 3.28. The maximum atomic E-state index is 13.8. The highest BCUT2D eigenvalue weighted by molar-refractivity contribution is 6.05. The lowest BCUT2D eigenvalue weighted by atomic mass is 9.84. The van der Waals surface area contributed by atoms with Gasteiger partial charge >= 0.3 is 0 Å². The first-order valence-electron chi connectivity index (χ1n) is 15.3. The molecule has 2 N–H and O–H groups in total. The Hall–Kier alpha value is -2.65. The Bertz CT molecular complexity index is 1210. The van der Waals surface area contributed by atoms with E-state index in [-0.39, 0.29) is 29.7 Å². The van der Waals surface area contributed by atoms with Crippen LogP contribution in [0, 0.1) is 11.8 Å². The summed E-state index contributed by atoms with van der Waals surface area (Å²) < 4.78 is 7.37. The van der Waals surface area contributed by atoms with Crippen LogP contribution in [0.1, 0.15) is 75.7 Å². The van der Waals surface area contributed by atoms with Gasteiger partial charge in [-0.15, -0.1) is 0 Å². The molecular weight excluding hydrogens is 504 g/mol. The summed E-state index contributed by atoms with van der Waals surface area (Å²) in [6, 6.07) is 3.25. The molecular formula is C31H48N6O3. The number of anilines is 1. The fourth-order valence-corrected chi connectivity index (χ4v) is 7.43. The molecule has 2 amide bonds. The first-order chi connectivity index (χ1) is 19.2. The third-order valence-corrected chi connectivity index (χ3v) is 9.81. The molecule has 5 rings (SSSR count). The number of likely N-dealkylation sites (tertiary alicyclic amines) is 1. The Morgan fingerprint density at radius 2 is 1.93 bits per heavy atom. The number of piperidine rings is 1. The van der Waals surface area contributed by atoms with Crippen molar-refractivity contribution in [3.05, 3.63) is 23.4 Å². The minimum atomic E-state index is -0.210. The first-order valence-corrected chi connectivity index (χ1v) is 15.3. The monoisotopic (exact) mass is 552 g/mol. The van der Waals surface area contributed by atoms with Crippen molar-refractivity contribution in [1.29, 1.82) is 0 Å². The number of amides is 2. The fourth-order valence-electron chi connectivity index (χ4n) is 7.43. The van der Waals surface area contributed by atoms with E-state index < -0.39 is 0 Å². The third kappa shape index (κ3) is 5.47. The SMILES string of the molecule is CCc1c(C(=O)NCC2C(=O)NC(C)CC2C)cc2c(cnn2C)c1N(CC)C1CCC(N2CC(OC)C2)CC1. The van der Waals surface area contributed by atoms with Crippen LogP contribution >= 0.6 is 0 Å². The lowest BCUT2D eigenvalue weighted by Gasteiger charge is -2.47. The maximum Gasteiger partial charge on any atom is 0.251 e. The number of methoxy groups -OCH3 is 1. The van der Waals surface area contributed by atoms with Crippen molar-refractivity contribution in [2.75, 3.05) is 38.2 Å². The molecule has 9 nitrogen and oxygen atoms in total. The Morgan fingerprint density at radius 1 is 1.20 bits per heavy atom. The number of carbonyl (C=O) groups excluding carboxylic acids is 2. The largest absolute Gasteiger partial charge is 0.379 e. The molecule has 3 aliphatic rings. The highest BCUT2D eigenvalue weighted by Gasteiger charge is 2.37. The van der Waals surface area contributed by atoms with Crippen molar-refractivity contribution in [1.82, 2.24) is 25.3 Å². The van der Waals surface area contributed by atoms with Gasteiger partial charge in [0.2, 0.25) is 5.91 Å². The van der Waals surface area contributed by atoms with Crippen molar-refractivity contribution in [2.45, 2.75) is 90.4 Å². The Balaban J connectivity index is 1.39. The van der Waals surface area contributed by atoms with Crippen LogP contribution in [0.2, 0.25) is 0 Å². The quantitative estimate of drug-likeness (QED) is 0.495. The van der Waals surface area contributed by atoms with Gasteiger partial charge in [0.05, 0.1) is 29.4 Å². The van der Waals surface area contributed by atoms with Crippen molar-refractivity contribution in [3.8, 4) is 0 Å². The molecule has 40 heavy (non-hydrogen) atoms. The van der Waals surface area contributed by atoms with Gasteiger partial charge in [0.25, 0.3) is 5.91 Å². The highest BCUT2D eigenvalue weighted by atomic mass is 16.5. The Morgan fingerprint density at radius 3 is 2.55 bits per heavy atom. The van der Waals surface area contributed by atoms with Gasteiger partial charge in [0.15, 0.2) is 0 Å². The predicted molar refractivity (Wildman–Crippen MR) is 159 cm³/mol. The van der Waals surface area contributed by atoms with Crippen molar-refractivity contribution in [2.24, 2.45) is 18.9 Å². The number of carbonyl (C=O) groups is 2. The molecule has 1 saturated carbocycles. The molecule has 0 bridgehead atoms. The maximum absolute atomic E-state index is 13.8. The predicted octanol–water partition coefficient (Wildman–Crippen LogP) is 3.49. The van der Waals surface area contributed by atoms with E-state index in [1.807, 2.05) is 38.0 Å². The first kappa shape index (κ1) is 28.9. The zero-order chi connectivity index (χ0) is 28.6. The number of hydrogen-bond acceptors (Lipinski definition) is 6. The van der Waals surface area contributed by atoms with Gasteiger partial charge in [-0.2, -0.15) is 5.10 Å². The Labute approximate surface area is 239 Å². The molecule has 3 heterocycles. The minimum Gasteiger partial charge on any atom is -0.379 e. The normalized spacial score (nSPS) is 27.9. The number of fused-ring (bicyclic) bond motifs is 1. The number of hydrogen-bond donors (Lipinski definition) is 2. The molecule has 2 saturated heterocycles. The Kier molecular flexibility index (Phi) is 8.71. The van der Waals surface area contributed by atoms with E-state index in [9.17, 15) is 9.59 Å². The van der Waals surface area contributed by atoms with Crippen molar-refractivity contribution < 1.29 is 14.3 Å². The number of rotatable bonds is 9. The molecule has 3 atom stereocenters. The third-order valence-electron chi connectivity index (χ3n) is 9.81. The smallest absolute Gasteiger partial charge is 0.251 e. The number of nitrogens with one attached hydrogen (secondary N) is 2. The fraction of sp³-hybridized carbons (Fsp3) is 0.710. The second kappa shape index (κ2) is 12.1. The number of nitrogens with zero attached hydrogens (tertiary/aromatic N) is 4. The van der Waals surface area contributed by atoms with E-state index in [0.717, 1.165) is 67.5 Å². The summed E-state index contributed by atoms with van der Waals surface area (Å²) in [6.45, 7) is 11.8. The van der Waals surface area contributed by atoms with Crippen LogP contribution in [0.4, 0.5) is 5.69 Å². The van der Waals surface area contributed by atoms with Gasteiger partial charge in [0, 0.05) is 69.4 Å². The van der Waals surface area contributed by atoms with Crippen LogP contribution in [-0.4, -0.2) is 84.0 Å². The summed E-state index contributed by atoms with van der Waals surface area (Å²) in [5.74, 6) is -0.0518. The topological polar surface area (TPSA) is 91.7 Å². The minimum absolute atomic E-state index is 0.0359. The number of benzene rings is 1. The molecule has 0 radical (unpaired) electrons. The lowest BCUT2D eigenvalue weighted by molar-refractivity contribution is -0.129. The molecule has 220 valence electrons. The summed E-state index contributed by atoms with van der Waals surface area (Å²) in [6.07, 6.45) is 8.69. The average molecular weight is 553 g/mol. The van der Waals surface area contributed by atoms with E-state index in [4.69, 9.17) is 4.74 Å².